The van der Waals surface area contributed by atoms with E-state index in [4.69, 9.17) is 4.74 Å². The Labute approximate surface area is 148 Å². The fourth-order valence-corrected chi connectivity index (χ4v) is 3.03. The maximum absolute atomic E-state index is 12.9. The molecule has 0 fully saturated rings. The lowest BCUT2D eigenvalue weighted by Gasteiger charge is -2.29. The van der Waals surface area contributed by atoms with Gasteiger partial charge in [-0.15, -0.1) is 0 Å². The second-order valence-electron chi connectivity index (χ2n) is 5.86. The van der Waals surface area contributed by atoms with Gasteiger partial charge in [-0.2, -0.15) is 5.26 Å². The Kier molecular flexibility index (Phi) is 5.15. The summed E-state index contributed by atoms with van der Waals surface area (Å²) in [5.41, 5.74) is 3.01. The lowest BCUT2D eigenvalue weighted by molar-refractivity contribution is -0.114. The Morgan fingerprint density at radius 1 is 1.24 bits per heavy atom. The maximum Gasteiger partial charge on any atom is 0.268 e. The summed E-state index contributed by atoms with van der Waals surface area (Å²) in [6.45, 7) is 3.17. The first-order valence-corrected chi connectivity index (χ1v) is 8.47. The van der Waals surface area contributed by atoms with Gasteiger partial charge in [0.2, 0.25) is 0 Å². The number of benzene rings is 2. The van der Waals surface area contributed by atoms with Crippen LogP contribution in [0, 0.1) is 11.3 Å². The van der Waals surface area contributed by atoms with Crippen molar-refractivity contribution in [3.05, 3.63) is 65.2 Å². The normalized spacial score (nSPS) is 13.8. The second-order valence-corrected chi connectivity index (χ2v) is 5.86. The van der Waals surface area contributed by atoms with Crippen LogP contribution in [0.15, 0.2) is 54.1 Å². The van der Waals surface area contributed by atoms with Crippen LogP contribution in [0.3, 0.4) is 0 Å². The van der Waals surface area contributed by atoms with Crippen molar-refractivity contribution in [3.63, 3.8) is 0 Å². The van der Waals surface area contributed by atoms with Gasteiger partial charge in [-0.3, -0.25) is 4.79 Å². The predicted molar refractivity (Wildman–Crippen MR) is 98.3 cm³/mol. The van der Waals surface area contributed by atoms with E-state index >= 15 is 0 Å². The van der Waals surface area contributed by atoms with Crippen molar-refractivity contribution in [3.8, 4) is 11.8 Å². The van der Waals surface area contributed by atoms with Gasteiger partial charge in [0.15, 0.2) is 0 Å². The standard InChI is InChI=1S/C21H20N2O2/c1-2-25-19-11-9-16(10-12-19)14-18(15-22)21(24)23-13-5-7-17-6-3-4-8-20(17)23/h3-4,6,8-12,14H,2,5,7,13H2,1H3/b18-14+. The summed E-state index contributed by atoms with van der Waals surface area (Å²) < 4.78 is 5.41. The zero-order valence-corrected chi connectivity index (χ0v) is 14.2. The van der Waals surface area contributed by atoms with Gasteiger partial charge in [0, 0.05) is 12.2 Å². The molecule has 4 nitrogen and oxygen atoms in total. The van der Waals surface area contributed by atoms with E-state index in [1.807, 2.05) is 55.5 Å². The van der Waals surface area contributed by atoms with E-state index < -0.39 is 0 Å². The summed E-state index contributed by atoms with van der Waals surface area (Å²) in [5.74, 6) is 0.526. The lowest BCUT2D eigenvalue weighted by Crippen LogP contribution is -2.36. The summed E-state index contributed by atoms with van der Waals surface area (Å²) in [6.07, 6.45) is 3.50. The average molecular weight is 332 g/mol. The monoisotopic (exact) mass is 332 g/mol. The molecule has 0 spiro atoms. The van der Waals surface area contributed by atoms with Crippen molar-refractivity contribution >= 4 is 17.7 Å². The molecule has 0 radical (unpaired) electrons. The van der Waals surface area contributed by atoms with Gasteiger partial charge >= 0.3 is 0 Å². The quantitative estimate of drug-likeness (QED) is 0.629. The van der Waals surface area contributed by atoms with Crippen LogP contribution >= 0.6 is 0 Å². The lowest BCUT2D eigenvalue weighted by atomic mass is 10.0. The molecular weight excluding hydrogens is 312 g/mol. The molecule has 0 N–H and O–H groups in total. The highest BCUT2D eigenvalue weighted by atomic mass is 16.5. The Hall–Kier alpha value is -3.06. The van der Waals surface area contributed by atoms with Gasteiger partial charge in [-0.1, -0.05) is 30.3 Å². The number of anilines is 1. The molecule has 3 rings (SSSR count). The number of aryl methyl sites for hydroxylation is 1. The van der Waals surface area contributed by atoms with Crippen molar-refractivity contribution in [2.45, 2.75) is 19.8 Å². The Bertz CT molecular complexity index is 832. The number of ether oxygens (including phenoxy) is 1. The van der Waals surface area contributed by atoms with Crippen molar-refractivity contribution in [2.75, 3.05) is 18.1 Å². The van der Waals surface area contributed by atoms with Gasteiger partial charge < -0.3 is 9.64 Å². The molecule has 4 heteroatoms. The first-order valence-electron chi connectivity index (χ1n) is 8.47. The fourth-order valence-electron chi connectivity index (χ4n) is 3.03. The van der Waals surface area contributed by atoms with Crippen LogP contribution in [-0.2, 0) is 11.2 Å². The summed E-state index contributed by atoms with van der Waals surface area (Å²) in [5, 5.41) is 9.48. The summed E-state index contributed by atoms with van der Waals surface area (Å²) in [6, 6.07) is 17.3. The van der Waals surface area contributed by atoms with E-state index in [-0.39, 0.29) is 11.5 Å². The van der Waals surface area contributed by atoms with Crippen molar-refractivity contribution in [1.82, 2.24) is 0 Å². The Morgan fingerprint density at radius 2 is 2.00 bits per heavy atom. The number of para-hydroxylation sites is 1. The van der Waals surface area contributed by atoms with Crippen LogP contribution < -0.4 is 9.64 Å². The smallest absolute Gasteiger partial charge is 0.268 e. The van der Waals surface area contributed by atoms with Crippen LogP contribution in [-0.4, -0.2) is 19.1 Å². The number of carbonyl (C=O) groups is 1. The predicted octanol–water partition coefficient (Wildman–Crippen LogP) is 3.97. The van der Waals surface area contributed by atoms with Gasteiger partial charge in [-0.25, -0.2) is 0 Å². The third-order valence-electron chi connectivity index (χ3n) is 4.21. The number of nitrogens with zero attached hydrogens (tertiary/aromatic N) is 2. The zero-order valence-electron chi connectivity index (χ0n) is 14.2. The molecule has 0 atom stereocenters. The number of amides is 1. The molecule has 0 saturated heterocycles. The van der Waals surface area contributed by atoms with E-state index in [9.17, 15) is 10.1 Å². The van der Waals surface area contributed by atoms with Gasteiger partial charge in [0.05, 0.1) is 6.61 Å². The molecular formula is C21H20N2O2. The van der Waals surface area contributed by atoms with E-state index in [1.165, 1.54) is 0 Å². The number of hydrogen-bond donors (Lipinski definition) is 0. The molecule has 0 aliphatic carbocycles. The van der Waals surface area contributed by atoms with E-state index in [0.717, 1.165) is 35.4 Å². The topological polar surface area (TPSA) is 53.3 Å². The molecule has 2 aromatic carbocycles. The van der Waals surface area contributed by atoms with Crippen LogP contribution in [0.5, 0.6) is 5.75 Å². The number of fused-ring (bicyclic) bond motifs is 1. The Morgan fingerprint density at radius 3 is 2.72 bits per heavy atom. The Balaban J connectivity index is 1.86. The van der Waals surface area contributed by atoms with E-state index in [0.29, 0.717) is 13.2 Å². The van der Waals surface area contributed by atoms with Crippen molar-refractivity contribution in [2.24, 2.45) is 0 Å². The third kappa shape index (κ3) is 3.72. The van der Waals surface area contributed by atoms with Crippen LogP contribution in [0.4, 0.5) is 5.69 Å². The second kappa shape index (κ2) is 7.67. The molecule has 0 unspecified atom stereocenters. The average Bonchev–Trinajstić information content (AvgIpc) is 2.66. The molecule has 0 bridgehead atoms. The van der Waals surface area contributed by atoms with Gasteiger partial charge in [0.1, 0.15) is 17.4 Å². The van der Waals surface area contributed by atoms with E-state index in [1.54, 1.807) is 11.0 Å². The molecule has 1 aliphatic heterocycles. The number of nitriles is 1. The molecule has 0 saturated carbocycles. The third-order valence-corrected chi connectivity index (χ3v) is 4.21. The van der Waals surface area contributed by atoms with Crippen molar-refractivity contribution < 1.29 is 9.53 Å². The minimum atomic E-state index is -0.247. The highest BCUT2D eigenvalue weighted by Crippen LogP contribution is 2.28. The molecule has 126 valence electrons. The van der Waals surface area contributed by atoms with Crippen LogP contribution in [0.25, 0.3) is 6.08 Å². The minimum Gasteiger partial charge on any atom is -0.494 e. The van der Waals surface area contributed by atoms with E-state index in [2.05, 4.69) is 6.07 Å². The number of hydrogen-bond acceptors (Lipinski definition) is 3. The molecule has 1 heterocycles. The molecule has 0 aromatic heterocycles. The molecule has 25 heavy (non-hydrogen) atoms. The number of carbonyl (C=O) groups excluding carboxylic acids is 1. The zero-order chi connectivity index (χ0) is 17.6. The maximum atomic E-state index is 12.9. The largest absolute Gasteiger partial charge is 0.494 e. The summed E-state index contributed by atoms with van der Waals surface area (Å²) in [7, 11) is 0. The van der Waals surface area contributed by atoms with Crippen LogP contribution in [0.1, 0.15) is 24.5 Å². The molecule has 1 aliphatic rings. The highest BCUT2D eigenvalue weighted by molar-refractivity contribution is 6.11. The molecule has 1 amide bonds. The summed E-state index contributed by atoms with van der Waals surface area (Å²) >= 11 is 0. The highest BCUT2D eigenvalue weighted by Gasteiger charge is 2.24. The minimum absolute atomic E-state index is 0.140. The SMILES string of the molecule is CCOc1ccc(/C=C(\C#N)C(=O)N2CCCc3ccccc32)cc1. The first-order chi connectivity index (χ1) is 12.2. The fraction of sp³-hybridized carbons (Fsp3) is 0.238. The summed E-state index contributed by atoms with van der Waals surface area (Å²) in [4.78, 5) is 14.6. The number of rotatable bonds is 4. The van der Waals surface area contributed by atoms with Crippen LogP contribution in [0.2, 0.25) is 0 Å². The first kappa shape index (κ1) is 16.8. The van der Waals surface area contributed by atoms with Gasteiger partial charge in [-0.05, 0) is 55.2 Å². The molecule has 2 aromatic rings. The van der Waals surface area contributed by atoms with Gasteiger partial charge in [0.25, 0.3) is 5.91 Å². The van der Waals surface area contributed by atoms with Crippen molar-refractivity contribution in [1.29, 1.82) is 5.26 Å².